The first-order valence-corrected chi connectivity index (χ1v) is 17.6. The number of rotatable bonds is 6. The number of carbonyl (C=O) groups excluding carboxylic acids is 3. The molecule has 5 aliphatic carbocycles. The van der Waals surface area contributed by atoms with E-state index in [4.69, 9.17) is 4.74 Å². The molecule has 2 aliphatic heterocycles. The molecule has 2 N–H and O–H groups in total. The third-order valence-electron chi connectivity index (χ3n) is 14.4. The van der Waals surface area contributed by atoms with Crippen LogP contribution in [-0.2, 0) is 19.1 Å². The van der Waals surface area contributed by atoms with E-state index in [0.29, 0.717) is 47.5 Å². The molecule has 11 atom stereocenters. The summed E-state index contributed by atoms with van der Waals surface area (Å²) >= 11 is 0. The summed E-state index contributed by atoms with van der Waals surface area (Å²) in [4.78, 5) is 38.8. The Labute approximate surface area is 258 Å². The van der Waals surface area contributed by atoms with Gasteiger partial charge in [-0.2, -0.15) is 0 Å². The molecular weight excluding hydrogens is 538 g/mol. The van der Waals surface area contributed by atoms with Crippen molar-refractivity contribution in [2.75, 3.05) is 26.2 Å². The first kappa shape index (κ1) is 30.0. The Bertz CT molecular complexity index is 1220. The molecule has 7 nitrogen and oxygen atoms in total. The minimum absolute atomic E-state index is 0.0513. The van der Waals surface area contributed by atoms with Gasteiger partial charge in [-0.25, -0.2) is 0 Å². The molecule has 0 bridgehead atoms. The van der Waals surface area contributed by atoms with Crippen molar-refractivity contribution in [3.8, 4) is 0 Å². The lowest BCUT2D eigenvalue weighted by atomic mass is 9.56. The summed E-state index contributed by atoms with van der Waals surface area (Å²) in [5.41, 5.74) is 2.48. The third kappa shape index (κ3) is 4.60. The summed E-state index contributed by atoms with van der Waals surface area (Å²) in [6.07, 6.45) is 14.4. The van der Waals surface area contributed by atoms with Crippen molar-refractivity contribution in [3.05, 3.63) is 11.6 Å². The first-order chi connectivity index (χ1) is 20.4. The second-order valence-electron chi connectivity index (χ2n) is 16.6. The van der Waals surface area contributed by atoms with Crippen molar-refractivity contribution in [1.82, 2.24) is 15.5 Å². The van der Waals surface area contributed by atoms with Crippen LogP contribution >= 0.6 is 0 Å². The molecule has 7 rings (SSSR count). The Hall–Kier alpha value is -1.73. The molecule has 7 heteroatoms. The Morgan fingerprint density at radius 2 is 1.86 bits per heavy atom. The van der Waals surface area contributed by atoms with Gasteiger partial charge in [0.05, 0.1) is 18.2 Å². The summed E-state index contributed by atoms with van der Waals surface area (Å²) in [5, 5.41) is 5.72. The lowest BCUT2D eigenvalue weighted by Gasteiger charge is -2.48. The number of nitrogens with one attached hydrogen (secondary N) is 2. The Morgan fingerprint density at radius 1 is 1.05 bits per heavy atom. The fourth-order valence-electron chi connectivity index (χ4n) is 12.3. The number of allylic oxidation sites excluding steroid dienone is 2. The van der Waals surface area contributed by atoms with E-state index in [2.05, 4.69) is 43.2 Å². The average Bonchev–Trinajstić information content (AvgIpc) is 3.27. The highest BCUT2D eigenvalue weighted by atomic mass is 16.5. The van der Waals surface area contributed by atoms with Crippen molar-refractivity contribution in [2.24, 2.45) is 45.8 Å². The first-order valence-electron chi connectivity index (χ1n) is 17.6. The summed E-state index contributed by atoms with van der Waals surface area (Å²) in [6, 6.07) is 0.401. The minimum atomic E-state index is -0.116. The molecular formula is C36H55N3O4. The number of ketones is 1. The van der Waals surface area contributed by atoms with Crippen LogP contribution in [0.3, 0.4) is 0 Å². The number of likely N-dealkylation sites (tertiary alicyclic amines) is 1. The van der Waals surface area contributed by atoms with Crippen LogP contribution in [0.1, 0.15) is 105 Å². The molecule has 4 saturated carbocycles. The van der Waals surface area contributed by atoms with E-state index in [1.807, 2.05) is 6.08 Å². The molecule has 2 spiro atoms. The van der Waals surface area contributed by atoms with Crippen LogP contribution in [0.5, 0.6) is 0 Å². The van der Waals surface area contributed by atoms with E-state index in [0.717, 1.165) is 56.5 Å². The van der Waals surface area contributed by atoms with Crippen LogP contribution < -0.4 is 10.6 Å². The van der Waals surface area contributed by atoms with Gasteiger partial charge in [0.15, 0.2) is 5.78 Å². The molecule has 0 aromatic rings. The van der Waals surface area contributed by atoms with Gasteiger partial charge < -0.3 is 15.4 Å². The zero-order valence-corrected chi connectivity index (χ0v) is 27.3. The van der Waals surface area contributed by atoms with Crippen molar-refractivity contribution in [3.63, 3.8) is 0 Å². The maximum Gasteiger partial charge on any atom is 0.239 e. The van der Waals surface area contributed by atoms with Crippen LogP contribution in [0, 0.1) is 45.8 Å². The number of carbonyl (C=O) groups is 3. The molecule has 6 fully saturated rings. The van der Waals surface area contributed by atoms with E-state index in [1.165, 1.54) is 44.1 Å². The molecule has 0 aromatic heterocycles. The highest BCUT2D eigenvalue weighted by molar-refractivity contribution is 5.91. The largest absolute Gasteiger partial charge is 0.370 e. The Kier molecular flexibility index (Phi) is 7.25. The molecule has 43 heavy (non-hydrogen) atoms. The average molecular weight is 594 g/mol. The van der Waals surface area contributed by atoms with Crippen molar-refractivity contribution >= 4 is 17.6 Å². The molecule has 0 radical (unpaired) electrons. The van der Waals surface area contributed by atoms with E-state index in [-0.39, 0.29) is 35.5 Å². The number of nitrogens with zero attached hydrogens (tertiary/aromatic N) is 1. The quantitative estimate of drug-likeness (QED) is 0.451. The van der Waals surface area contributed by atoms with E-state index >= 15 is 0 Å². The van der Waals surface area contributed by atoms with Crippen LogP contribution in [0.4, 0.5) is 0 Å². The topological polar surface area (TPSA) is 87.7 Å². The van der Waals surface area contributed by atoms with E-state index in [9.17, 15) is 14.4 Å². The van der Waals surface area contributed by atoms with Crippen LogP contribution in [-0.4, -0.2) is 66.4 Å². The van der Waals surface area contributed by atoms with Crippen molar-refractivity contribution < 1.29 is 19.1 Å². The number of hydrogen-bond donors (Lipinski definition) is 2. The second kappa shape index (κ2) is 10.4. The van der Waals surface area contributed by atoms with Gasteiger partial charge in [0.2, 0.25) is 11.8 Å². The summed E-state index contributed by atoms with van der Waals surface area (Å²) in [5.74, 6) is 3.53. The van der Waals surface area contributed by atoms with Crippen LogP contribution in [0.25, 0.3) is 0 Å². The minimum Gasteiger partial charge on any atom is -0.370 e. The van der Waals surface area contributed by atoms with Gasteiger partial charge in [0, 0.05) is 44.4 Å². The lowest BCUT2D eigenvalue weighted by molar-refractivity contribution is -0.126. The van der Waals surface area contributed by atoms with Gasteiger partial charge >= 0.3 is 0 Å². The molecule has 2 heterocycles. The van der Waals surface area contributed by atoms with Crippen molar-refractivity contribution in [1.29, 1.82) is 0 Å². The molecule has 0 aromatic carbocycles. The third-order valence-corrected chi connectivity index (χ3v) is 14.4. The highest BCUT2D eigenvalue weighted by Gasteiger charge is 2.77. The highest BCUT2D eigenvalue weighted by Crippen LogP contribution is 2.83. The van der Waals surface area contributed by atoms with Gasteiger partial charge in [-0.3, -0.25) is 19.3 Å². The normalized spacial score (nSPS) is 48.3. The van der Waals surface area contributed by atoms with Crippen LogP contribution in [0.2, 0.25) is 0 Å². The number of ether oxygens (including phenoxy) is 1. The van der Waals surface area contributed by atoms with Gasteiger partial charge in [0.1, 0.15) is 0 Å². The number of amides is 2. The molecule has 7 aliphatic rings. The van der Waals surface area contributed by atoms with Gasteiger partial charge in [0.25, 0.3) is 0 Å². The standard InChI is InChI=1S/C36H55N3O4/c1-6-30(41)38-18-31(42)37-13-14-39-19-22(2)15-29-32(39)23(3)36(43-29)12-10-27-26-8-7-24-16-25(40)9-11-34(24,5)28(26)17-35(27)20-33(35,4)21-36/h16,22-23,26-29,32H,6-15,17-21H2,1-5H3,(H,37,42)(H,38,41)/t22-,23+,26-,27-,28-,29+,32-,33?,34-,35?,36-/m0/s1. The molecule has 2 amide bonds. The fourth-order valence-corrected chi connectivity index (χ4v) is 12.3. The smallest absolute Gasteiger partial charge is 0.239 e. The van der Waals surface area contributed by atoms with Gasteiger partial charge in [-0.15, -0.1) is 0 Å². The zero-order chi connectivity index (χ0) is 30.4. The molecule has 2 saturated heterocycles. The zero-order valence-electron chi connectivity index (χ0n) is 27.3. The molecule has 238 valence electrons. The Morgan fingerprint density at radius 3 is 2.65 bits per heavy atom. The van der Waals surface area contributed by atoms with E-state index < -0.39 is 0 Å². The Balaban J connectivity index is 1.06. The summed E-state index contributed by atoms with van der Waals surface area (Å²) in [6.45, 7) is 14.3. The summed E-state index contributed by atoms with van der Waals surface area (Å²) in [7, 11) is 0. The predicted molar refractivity (Wildman–Crippen MR) is 166 cm³/mol. The van der Waals surface area contributed by atoms with Gasteiger partial charge in [-0.05, 0) is 104 Å². The van der Waals surface area contributed by atoms with Crippen LogP contribution in [0.15, 0.2) is 11.6 Å². The lowest BCUT2D eigenvalue weighted by Crippen LogP contribution is -2.54. The number of piperidine rings is 1. The number of fused-ring (bicyclic) bond motifs is 5. The maximum atomic E-state index is 12.3. The SMILES string of the molecule is CCC(=O)NCC(=O)NCCN1C[C@@H](C)C[C@H]2O[C@]3(CC[C@H]4[C@@H]5CCC6=CC(=O)CC[C@]6(C)[C@H]5CC45CC5(C)C3)[C@H](C)[C@@H]21. The monoisotopic (exact) mass is 593 g/mol. The number of hydrogen-bond acceptors (Lipinski definition) is 5. The fraction of sp³-hybridized carbons (Fsp3) is 0.861. The summed E-state index contributed by atoms with van der Waals surface area (Å²) < 4.78 is 7.35. The van der Waals surface area contributed by atoms with Crippen molar-refractivity contribution in [2.45, 2.75) is 123 Å². The second-order valence-corrected chi connectivity index (χ2v) is 16.6. The van der Waals surface area contributed by atoms with E-state index in [1.54, 1.807) is 6.92 Å². The maximum absolute atomic E-state index is 12.3. The predicted octanol–water partition coefficient (Wildman–Crippen LogP) is 5.03. The van der Waals surface area contributed by atoms with Gasteiger partial charge in [-0.1, -0.05) is 40.2 Å². The molecule has 2 unspecified atom stereocenters.